The molecular weight excluding hydrogens is 306 g/mol. The van der Waals surface area contributed by atoms with Gasteiger partial charge in [0.05, 0.1) is 0 Å². The van der Waals surface area contributed by atoms with E-state index < -0.39 is 0 Å². The number of rotatable bonds is 6. The van der Waals surface area contributed by atoms with Gasteiger partial charge in [-0.25, -0.2) is 4.79 Å². The van der Waals surface area contributed by atoms with E-state index in [4.69, 9.17) is 0 Å². The molecule has 0 N–H and O–H groups in total. The third-order valence-corrected chi connectivity index (χ3v) is 4.69. The first-order valence-corrected chi connectivity index (χ1v) is 8.69. The number of imidazole rings is 2. The van der Waals surface area contributed by atoms with Crippen molar-refractivity contribution in [3.8, 4) is 0 Å². The maximum Gasteiger partial charge on any atom is 0.332 e. The van der Waals surface area contributed by atoms with Crippen LogP contribution >= 0.6 is 0 Å². The van der Waals surface area contributed by atoms with Crippen LogP contribution in [0.5, 0.6) is 0 Å². The lowest BCUT2D eigenvalue weighted by molar-refractivity contribution is 0.583. The van der Waals surface area contributed by atoms with E-state index in [-0.39, 0.29) is 11.2 Å². The van der Waals surface area contributed by atoms with Gasteiger partial charge in [-0.05, 0) is 20.3 Å². The van der Waals surface area contributed by atoms with Gasteiger partial charge in [-0.1, -0.05) is 26.2 Å². The van der Waals surface area contributed by atoms with E-state index in [1.54, 1.807) is 14.0 Å². The fourth-order valence-corrected chi connectivity index (χ4v) is 3.31. The highest BCUT2D eigenvalue weighted by atomic mass is 16.2. The summed E-state index contributed by atoms with van der Waals surface area (Å²) in [5.41, 5.74) is 1.41. The van der Waals surface area contributed by atoms with Crippen molar-refractivity contribution in [3.05, 3.63) is 32.7 Å². The molecule has 0 unspecified atom stereocenters. The van der Waals surface area contributed by atoms with Crippen molar-refractivity contribution in [2.75, 3.05) is 0 Å². The highest BCUT2D eigenvalue weighted by molar-refractivity contribution is 5.75. The van der Waals surface area contributed by atoms with Crippen LogP contribution in [0.4, 0.5) is 0 Å². The SMILES string of the molecule is CCCCCCn1c(C)cn2c3c(=O)n(CC)c(=O)n(C)c3nc12. The van der Waals surface area contributed by atoms with Crippen LogP contribution in [0.25, 0.3) is 16.9 Å². The van der Waals surface area contributed by atoms with Gasteiger partial charge in [0.15, 0.2) is 11.2 Å². The lowest BCUT2D eigenvalue weighted by Gasteiger charge is -2.05. The zero-order valence-electron chi connectivity index (χ0n) is 14.9. The van der Waals surface area contributed by atoms with Crippen LogP contribution < -0.4 is 11.2 Å². The molecule has 24 heavy (non-hydrogen) atoms. The average Bonchev–Trinajstić information content (AvgIpc) is 3.06. The van der Waals surface area contributed by atoms with Crippen molar-refractivity contribution >= 4 is 16.9 Å². The molecule has 0 aliphatic rings. The maximum absolute atomic E-state index is 12.7. The molecule has 0 spiro atoms. The Kier molecular flexibility index (Phi) is 4.34. The summed E-state index contributed by atoms with van der Waals surface area (Å²) in [4.78, 5) is 29.6. The van der Waals surface area contributed by atoms with Crippen molar-refractivity contribution in [3.63, 3.8) is 0 Å². The van der Waals surface area contributed by atoms with Crippen molar-refractivity contribution in [2.45, 2.75) is 59.5 Å². The summed E-state index contributed by atoms with van der Waals surface area (Å²) in [5, 5.41) is 0. The van der Waals surface area contributed by atoms with E-state index in [1.165, 1.54) is 28.4 Å². The molecule has 7 heteroatoms. The molecular formula is C17H25N5O2. The molecule has 0 bridgehead atoms. The average molecular weight is 331 g/mol. The predicted octanol–water partition coefficient (Wildman–Crippen LogP) is 2.06. The molecule has 130 valence electrons. The molecule has 3 aromatic rings. The second-order valence-electron chi connectivity index (χ2n) is 6.33. The second-order valence-corrected chi connectivity index (χ2v) is 6.33. The van der Waals surface area contributed by atoms with Crippen LogP contribution in [0, 0.1) is 6.92 Å². The summed E-state index contributed by atoms with van der Waals surface area (Å²) in [5.74, 6) is 0.736. The highest BCUT2D eigenvalue weighted by Gasteiger charge is 2.19. The Hall–Kier alpha value is -2.31. The number of aromatic nitrogens is 5. The van der Waals surface area contributed by atoms with Gasteiger partial charge in [-0.15, -0.1) is 0 Å². The lowest BCUT2D eigenvalue weighted by Crippen LogP contribution is -2.38. The summed E-state index contributed by atoms with van der Waals surface area (Å²) in [6, 6.07) is 0. The van der Waals surface area contributed by atoms with Gasteiger partial charge in [0.25, 0.3) is 5.56 Å². The van der Waals surface area contributed by atoms with Crippen molar-refractivity contribution in [2.24, 2.45) is 7.05 Å². The van der Waals surface area contributed by atoms with E-state index in [1.807, 2.05) is 17.5 Å². The first-order valence-electron chi connectivity index (χ1n) is 8.69. The molecule has 0 saturated carbocycles. The summed E-state index contributed by atoms with van der Waals surface area (Å²) < 4.78 is 6.68. The second kappa shape index (κ2) is 6.30. The normalized spacial score (nSPS) is 11.8. The van der Waals surface area contributed by atoms with Gasteiger partial charge >= 0.3 is 5.69 Å². The summed E-state index contributed by atoms with van der Waals surface area (Å²) >= 11 is 0. The minimum atomic E-state index is -0.318. The van der Waals surface area contributed by atoms with E-state index in [2.05, 4.69) is 16.5 Å². The van der Waals surface area contributed by atoms with Gasteiger partial charge in [0.2, 0.25) is 5.78 Å². The quantitative estimate of drug-likeness (QED) is 0.649. The number of hydrogen-bond donors (Lipinski definition) is 0. The minimum absolute atomic E-state index is 0.272. The van der Waals surface area contributed by atoms with Crippen LogP contribution in [-0.4, -0.2) is 23.1 Å². The summed E-state index contributed by atoms with van der Waals surface area (Å²) in [7, 11) is 1.67. The third-order valence-electron chi connectivity index (χ3n) is 4.69. The zero-order valence-corrected chi connectivity index (χ0v) is 14.9. The fourth-order valence-electron chi connectivity index (χ4n) is 3.31. The number of fused-ring (bicyclic) bond motifs is 3. The minimum Gasteiger partial charge on any atom is -0.314 e. The molecule has 0 amide bonds. The Morgan fingerprint density at radius 2 is 1.83 bits per heavy atom. The Bertz CT molecular complexity index is 1000. The third kappa shape index (κ3) is 2.39. The van der Waals surface area contributed by atoms with Crippen LogP contribution in [-0.2, 0) is 20.1 Å². The number of unbranched alkanes of at least 4 members (excludes halogenated alkanes) is 3. The molecule has 0 fully saturated rings. The molecule has 3 aromatic heterocycles. The fraction of sp³-hybridized carbons (Fsp3) is 0.588. The van der Waals surface area contributed by atoms with Gasteiger partial charge in [-0.2, -0.15) is 4.98 Å². The summed E-state index contributed by atoms with van der Waals surface area (Å²) in [6.45, 7) is 7.25. The molecule has 3 rings (SSSR count). The van der Waals surface area contributed by atoms with E-state index in [9.17, 15) is 9.59 Å². The van der Waals surface area contributed by atoms with Gasteiger partial charge in [0.1, 0.15) is 0 Å². The molecule has 0 aliphatic carbocycles. The highest BCUT2D eigenvalue weighted by Crippen LogP contribution is 2.17. The molecule has 0 aliphatic heterocycles. The largest absolute Gasteiger partial charge is 0.332 e. The number of hydrogen-bond acceptors (Lipinski definition) is 3. The van der Waals surface area contributed by atoms with Crippen molar-refractivity contribution < 1.29 is 0 Å². The van der Waals surface area contributed by atoms with Crippen LogP contribution in [0.3, 0.4) is 0 Å². The van der Waals surface area contributed by atoms with E-state index >= 15 is 0 Å². The molecule has 0 radical (unpaired) electrons. The molecule has 3 heterocycles. The van der Waals surface area contributed by atoms with Crippen LogP contribution in [0.2, 0.25) is 0 Å². The lowest BCUT2D eigenvalue weighted by atomic mass is 10.2. The molecule has 7 nitrogen and oxygen atoms in total. The summed E-state index contributed by atoms with van der Waals surface area (Å²) in [6.07, 6.45) is 6.63. The first kappa shape index (κ1) is 16.5. The topological polar surface area (TPSA) is 66.2 Å². The molecule has 0 atom stereocenters. The first-order chi connectivity index (χ1) is 11.5. The Morgan fingerprint density at radius 1 is 1.08 bits per heavy atom. The monoisotopic (exact) mass is 331 g/mol. The van der Waals surface area contributed by atoms with Crippen LogP contribution in [0.1, 0.15) is 45.2 Å². The van der Waals surface area contributed by atoms with Crippen molar-refractivity contribution in [1.82, 2.24) is 23.1 Å². The maximum atomic E-state index is 12.7. The Morgan fingerprint density at radius 3 is 2.50 bits per heavy atom. The number of nitrogens with zero attached hydrogens (tertiary/aromatic N) is 5. The smallest absolute Gasteiger partial charge is 0.314 e. The standard InChI is InChI=1S/C17H25N5O2/c1-5-7-8-9-10-21-12(3)11-22-13-14(18-16(21)22)19(4)17(24)20(6-2)15(13)23/h11H,5-10H2,1-4H3. The molecule has 0 aromatic carbocycles. The number of aryl methyl sites for hydroxylation is 3. The van der Waals surface area contributed by atoms with Gasteiger partial charge in [0, 0.05) is 32.0 Å². The van der Waals surface area contributed by atoms with Crippen LogP contribution in [0.15, 0.2) is 15.8 Å². The zero-order chi connectivity index (χ0) is 17.4. The predicted molar refractivity (Wildman–Crippen MR) is 94.7 cm³/mol. The van der Waals surface area contributed by atoms with Gasteiger partial charge in [-0.3, -0.25) is 18.3 Å². The van der Waals surface area contributed by atoms with Crippen molar-refractivity contribution in [1.29, 1.82) is 0 Å². The Labute approximate surface area is 140 Å². The van der Waals surface area contributed by atoms with Gasteiger partial charge < -0.3 is 4.57 Å². The molecule has 0 saturated heterocycles. The van der Waals surface area contributed by atoms with E-state index in [0.29, 0.717) is 17.7 Å². The van der Waals surface area contributed by atoms with E-state index in [0.717, 1.165) is 24.4 Å². The Balaban J connectivity index is 2.21.